The molecule has 4 aromatic rings. The van der Waals surface area contributed by atoms with E-state index in [1.54, 1.807) is 36.4 Å². The Morgan fingerprint density at radius 3 is 1.39 bits per heavy atom. The van der Waals surface area contributed by atoms with E-state index in [0.29, 0.717) is 11.4 Å². The molecular formula is C27H18F8N2S. The lowest BCUT2D eigenvalue weighted by Crippen LogP contribution is -2.07. The van der Waals surface area contributed by atoms with Gasteiger partial charge in [0.15, 0.2) is 46.5 Å². The van der Waals surface area contributed by atoms with Gasteiger partial charge in [0.2, 0.25) is 0 Å². The molecule has 0 fully saturated rings. The summed E-state index contributed by atoms with van der Waals surface area (Å²) in [6, 6.07) is 12.7. The van der Waals surface area contributed by atoms with Crippen LogP contribution in [0.2, 0.25) is 0 Å². The first-order chi connectivity index (χ1) is 18.0. The van der Waals surface area contributed by atoms with Crippen LogP contribution in [0, 0.1) is 53.5 Å². The number of hydrogen-bond donors (Lipinski definition) is 2. The first-order valence-electron chi connectivity index (χ1n) is 11.1. The quantitative estimate of drug-likeness (QED) is 0.135. The predicted molar refractivity (Wildman–Crippen MR) is 130 cm³/mol. The molecule has 0 unspecified atom stereocenters. The van der Waals surface area contributed by atoms with E-state index in [2.05, 4.69) is 10.6 Å². The van der Waals surface area contributed by atoms with Gasteiger partial charge >= 0.3 is 0 Å². The molecule has 198 valence electrons. The highest BCUT2D eigenvalue weighted by molar-refractivity contribution is 7.99. The predicted octanol–water partition coefficient (Wildman–Crippen LogP) is 9.31. The van der Waals surface area contributed by atoms with E-state index in [0.717, 1.165) is 16.7 Å². The fraction of sp³-hybridized carbons (Fsp3) is 0.111. The summed E-state index contributed by atoms with van der Waals surface area (Å²) in [4.78, 5) is 1.46. The molecule has 0 aromatic heterocycles. The largest absolute Gasteiger partial charge is 0.353 e. The fourth-order valence-corrected chi connectivity index (χ4v) is 4.48. The second kappa shape index (κ2) is 10.9. The number of nitrogens with one attached hydrogen (secondary N) is 2. The maximum absolute atomic E-state index is 14.3. The van der Waals surface area contributed by atoms with Gasteiger partial charge in [-0.05, 0) is 61.9 Å². The van der Waals surface area contributed by atoms with Crippen molar-refractivity contribution in [2.45, 2.75) is 30.1 Å². The van der Waals surface area contributed by atoms with Crippen LogP contribution in [-0.4, -0.2) is 0 Å². The zero-order valence-electron chi connectivity index (χ0n) is 19.8. The Morgan fingerprint density at radius 2 is 0.921 bits per heavy atom. The third-order valence-electron chi connectivity index (χ3n) is 5.70. The minimum atomic E-state index is -1.91. The molecule has 0 heterocycles. The zero-order chi connectivity index (χ0) is 27.7. The monoisotopic (exact) mass is 554 g/mol. The number of rotatable bonds is 7. The molecule has 0 spiro atoms. The van der Waals surface area contributed by atoms with Gasteiger partial charge in [0.25, 0.3) is 0 Å². The van der Waals surface area contributed by atoms with Gasteiger partial charge in [-0.3, -0.25) is 0 Å². The molecule has 0 amide bonds. The SMILES string of the molecule is CCc1c(F)c(F)c(F)c(F)c1Nc1ccc(Sc2ccc(Nc3c(C)c(F)c(F)c(F)c3F)cc2)cc1. The van der Waals surface area contributed by atoms with Crippen LogP contribution in [0.3, 0.4) is 0 Å². The highest BCUT2D eigenvalue weighted by atomic mass is 32.2. The van der Waals surface area contributed by atoms with Crippen LogP contribution < -0.4 is 10.6 Å². The summed E-state index contributed by atoms with van der Waals surface area (Å²) < 4.78 is 111. The minimum absolute atomic E-state index is 0.0711. The van der Waals surface area contributed by atoms with Gasteiger partial charge in [0.1, 0.15) is 0 Å². The number of hydrogen-bond acceptors (Lipinski definition) is 3. The van der Waals surface area contributed by atoms with Crippen LogP contribution in [-0.2, 0) is 6.42 Å². The number of benzene rings is 4. The van der Waals surface area contributed by atoms with E-state index in [9.17, 15) is 35.1 Å². The normalized spacial score (nSPS) is 11.1. The Kier molecular flexibility index (Phi) is 7.86. The van der Waals surface area contributed by atoms with Crippen molar-refractivity contribution >= 4 is 34.5 Å². The van der Waals surface area contributed by atoms with Gasteiger partial charge in [-0.15, -0.1) is 0 Å². The third kappa shape index (κ3) is 5.15. The van der Waals surface area contributed by atoms with E-state index in [4.69, 9.17) is 0 Å². The lowest BCUT2D eigenvalue weighted by atomic mass is 10.1. The molecule has 2 nitrogen and oxygen atoms in total. The molecule has 0 saturated carbocycles. The van der Waals surface area contributed by atoms with Crippen LogP contribution in [0.5, 0.6) is 0 Å². The van der Waals surface area contributed by atoms with E-state index < -0.39 is 63.5 Å². The van der Waals surface area contributed by atoms with Crippen molar-refractivity contribution in [2.75, 3.05) is 10.6 Å². The zero-order valence-corrected chi connectivity index (χ0v) is 20.6. The summed E-state index contributed by atoms with van der Waals surface area (Å²) in [7, 11) is 0. The third-order valence-corrected chi connectivity index (χ3v) is 6.72. The van der Waals surface area contributed by atoms with Crippen molar-refractivity contribution < 1.29 is 35.1 Å². The summed E-state index contributed by atoms with van der Waals surface area (Å²) in [5.41, 5.74) is -1.13. The number of anilines is 4. The van der Waals surface area contributed by atoms with Gasteiger partial charge in [-0.25, -0.2) is 35.1 Å². The maximum atomic E-state index is 14.3. The van der Waals surface area contributed by atoms with Crippen LogP contribution in [0.15, 0.2) is 58.3 Å². The Balaban J connectivity index is 1.48. The van der Waals surface area contributed by atoms with Crippen LogP contribution in [0.4, 0.5) is 57.9 Å². The van der Waals surface area contributed by atoms with Crippen molar-refractivity contribution in [3.05, 3.63) is 106 Å². The molecule has 2 N–H and O–H groups in total. The molecule has 0 aliphatic carbocycles. The Hall–Kier alpha value is -3.73. The molecular weight excluding hydrogens is 536 g/mol. The highest BCUT2D eigenvalue weighted by Gasteiger charge is 2.25. The molecule has 38 heavy (non-hydrogen) atoms. The minimum Gasteiger partial charge on any atom is -0.353 e. The lowest BCUT2D eigenvalue weighted by Gasteiger charge is -2.15. The smallest absolute Gasteiger partial charge is 0.199 e. The summed E-state index contributed by atoms with van der Waals surface area (Å²) in [6.07, 6.45) is -0.0711. The highest BCUT2D eigenvalue weighted by Crippen LogP contribution is 2.35. The van der Waals surface area contributed by atoms with Crippen molar-refractivity contribution in [1.29, 1.82) is 0 Å². The molecule has 0 aliphatic rings. The van der Waals surface area contributed by atoms with Crippen molar-refractivity contribution in [2.24, 2.45) is 0 Å². The molecule has 0 atom stereocenters. The Labute approximate surface area is 216 Å². The summed E-state index contributed by atoms with van der Waals surface area (Å²) in [5.74, 6) is -13.6. The van der Waals surface area contributed by atoms with Gasteiger partial charge in [0.05, 0.1) is 11.4 Å². The molecule has 11 heteroatoms. The first kappa shape index (κ1) is 27.3. The van der Waals surface area contributed by atoms with Gasteiger partial charge in [-0.2, -0.15) is 0 Å². The summed E-state index contributed by atoms with van der Waals surface area (Å²) >= 11 is 1.31. The van der Waals surface area contributed by atoms with Crippen LogP contribution in [0.1, 0.15) is 18.1 Å². The average Bonchev–Trinajstić information content (AvgIpc) is 2.92. The first-order valence-corrected chi connectivity index (χ1v) is 11.9. The van der Waals surface area contributed by atoms with E-state index in [1.807, 2.05) is 0 Å². The van der Waals surface area contributed by atoms with Crippen molar-refractivity contribution in [3.63, 3.8) is 0 Å². The summed E-state index contributed by atoms with van der Waals surface area (Å²) in [5, 5.41) is 5.15. The van der Waals surface area contributed by atoms with Crippen molar-refractivity contribution in [3.8, 4) is 0 Å². The molecule has 0 saturated heterocycles. The number of halogens is 8. The second-order valence-electron chi connectivity index (χ2n) is 8.12. The topological polar surface area (TPSA) is 24.1 Å². The lowest BCUT2D eigenvalue weighted by molar-refractivity contribution is 0.406. The van der Waals surface area contributed by atoms with Gasteiger partial charge < -0.3 is 10.6 Å². The van der Waals surface area contributed by atoms with Gasteiger partial charge in [-0.1, -0.05) is 18.7 Å². The second-order valence-corrected chi connectivity index (χ2v) is 9.27. The van der Waals surface area contributed by atoms with Crippen LogP contribution in [0.25, 0.3) is 0 Å². The van der Waals surface area contributed by atoms with E-state index >= 15 is 0 Å². The van der Waals surface area contributed by atoms with E-state index in [1.165, 1.54) is 30.8 Å². The van der Waals surface area contributed by atoms with E-state index in [-0.39, 0.29) is 12.0 Å². The van der Waals surface area contributed by atoms with Gasteiger partial charge in [0, 0.05) is 32.3 Å². The standard InChI is InChI=1S/C27H18F8N2S/c1-3-17-19(29)21(31)23(33)25(35)27(17)37-14-6-10-16(11-7-14)38-15-8-4-13(5-9-15)36-26-12(2)18(28)20(30)22(32)24(26)34/h4-11,36-37H,3H2,1-2H3. The van der Waals surface area contributed by atoms with Crippen molar-refractivity contribution in [1.82, 2.24) is 0 Å². The maximum Gasteiger partial charge on any atom is 0.199 e. The molecule has 4 rings (SSSR count). The average molecular weight is 555 g/mol. The fourth-order valence-electron chi connectivity index (χ4n) is 3.67. The summed E-state index contributed by atoms with van der Waals surface area (Å²) in [6.45, 7) is 2.60. The van der Waals surface area contributed by atoms with Crippen LogP contribution >= 0.6 is 11.8 Å². The molecule has 0 bridgehead atoms. The molecule has 0 radical (unpaired) electrons. The molecule has 0 aliphatic heterocycles. The Bertz CT molecular complexity index is 1480. The molecule has 4 aromatic carbocycles. The Morgan fingerprint density at radius 1 is 0.526 bits per heavy atom.